The fraction of sp³-hybridized carbons (Fsp3) is 0.158. The summed E-state index contributed by atoms with van der Waals surface area (Å²) in [6.07, 6.45) is 0. The van der Waals surface area contributed by atoms with E-state index in [4.69, 9.17) is 9.15 Å². The molecule has 0 bridgehead atoms. The van der Waals surface area contributed by atoms with Crippen molar-refractivity contribution in [3.05, 3.63) is 78.0 Å². The van der Waals surface area contributed by atoms with Gasteiger partial charge in [0.15, 0.2) is 22.5 Å². The lowest BCUT2D eigenvalue weighted by atomic mass is 10.3. The molecule has 4 rings (SSSR count). The molecule has 0 fully saturated rings. The molecule has 142 valence electrons. The number of aryl methyl sites for hydroxylation is 1. The van der Waals surface area contributed by atoms with E-state index in [2.05, 4.69) is 20.4 Å². The molecular weight excluding hydrogens is 381 g/mol. The van der Waals surface area contributed by atoms with Crippen molar-refractivity contribution in [2.24, 2.45) is 0 Å². The molecule has 7 nitrogen and oxygen atoms in total. The first-order valence-electron chi connectivity index (χ1n) is 8.49. The highest BCUT2D eigenvalue weighted by atomic mass is 32.2. The van der Waals surface area contributed by atoms with E-state index < -0.39 is 5.82 Å². The van der Waals surface area contributed by atoms with Gasteiger partial charge < -0.3 is 9.15 Å². The maximum absolute atomic E-state index is 13.8. The van der Waals surface area contributed by atoms with Gasteiger partial charge in [-0.15, -0.1) is 20.4 Å². The summed E-state index contributed by atoms with van der Waals surface area (Å²) in [6.45, 7) is 1.81. The van der Waals surface area contributed by atoms with E-state index in [-0.39, 0.29) is 12.4 Å². The first-order chi connectivity index (χ1) is 13.7. The summed E-state index contributed by atoms with van der Waals surface area (Å²) in [5.41, 5.74) is 0.879. The van der Waals surface area contributed by atoms with Crippen molar-refractivity contribution in [1.29, 1.82) is 0 Å². The van der Waals surface area contributed by atoms with Gasteiger partial charge in [0.25, 0.3) is 0 Å². The molecule has 0 aliphatic rings. The Kier molecular flexibility index (Phi) is 5.34. The summed E-state index contributed by atoms with van der Waals surface area (Å²) in [7, 11) is 0. The second-order valence-corrected chi connectivity index (χ2v) is 6.73. The predicted octanol–water partition coefficient (Wildman–Crippen LogP) is 3.97. The molecule has 2 aromatic carbocycles. The maximum Gasteiger partial charge on any atom is 0.226 e. The van der Waals surface area contributed by atoms with Crippen molar-refractivity contribution < 1.29 is 13.5 Å². The standard InChI is InChI=1S/C19H16FN5O2S/c1-13-21-23-18(27-13)12-28-19-24-22-17(25(19)14-7-3-2-4-8-14)11-26-16-10-6-5-9-15(16)20/h2-10H,11-12H2,1H3. The van der Waals surface area contributed by atoms with Gasteiger partial charge >= 0.3 is 0 Å². The van der Waals surface area contributed by atoms with Gasteiger partial charge in [-0.2, -0.15) is 0 Å². The Bertz CT molecular complexity index is 1070. The van der Waals surface area contributed by atoms with Crippen LogP contribution in [0.1, 0.15) is 17.6 Å². The zero-order chi connectivity index (χ0) is 19.3. The van der Waals surface area contributed by atoms with E-state index in [1.165, 1.54) is 17.8 Å². The Hall–Kier alpha value is -3.20. The zero-order valence-corrected chi connectivity index (χ0v) is 15.8. The molecule has 28 heavy (non-hydrogen) atoms. The Morgan fingerprint density at radius 3 is 2.54 bits per heavy atom. The number of hydrogen-bond acceptors (Lipinski definition) is 7. The van der Waals surface area contributed by atoms with E-state index in [1.54, 1.807) is 25.1 Å². The molecule has 0 atom stereocenters. The number of para-hydroxylation sites is 2. The highest BCUT2D eigenvalue weighted by Crippen LogP contribution is 2.26. The first-order valence-corrected chi connectivity index (χ1v) is 9.48. The number of ether oxygens (including phenoxy) is 1. The molecule has 0 unspecified atom stereocenters. The van der Waals surface area contributed by atoms with Gasteiger partial charge in [0.1, 0.15) is 6.61 Å². The minimum Gasteiger partial charge on any atom is -0.483 e. The Morgan fingerprint density at radius 2 is 1.79 bits per heavy atom. The van der Waals surface area contributed by atoms with Crippen LogP contribution in [-0.2, 0) is 12.4 Å². The second-order valence-electron chi connectivity index (χ2n) is 5.79. The molecule has 0 spiro atoms. The maximum atomic E-state index is 13.8. The lowest BCUT2D eigenvalue weighted by Crippen LogP contribution is -2.07. The lowest BCUT2D eigenvalue weighted by Gasteiger charge is -2.11. The number of thioether (sulfide) groups is 1. The number of nitrogens with zero attached hydrogens (tertiary/aromatic N) is 5. The van der Waals surface area contributed by atoms with Crippen molar-refractivity contribution in [1.82, 2.24) is 25.0 Å². The lowest BCUT2D eigenvalue weighted by molar-refractivity contribution is 0.278. The first kappa shape index (κ1) is 18.2. The Morgan fingerprint density at radius 1 is 1.00 bits per heavy atom. The second kappa shape index (κ2) is 8.22. The van der Waals surface area contributed by atoms with Crippen molar-refractivity contribution in [2.45, 2.75) is 24.4 Å². The predicted molar refractivity (Wildman–Crippen MR) is 101 cm³/mol. The number of aromatic nitrogens is 5. The van der Waals surface area contributed by atoms with Crippen LogP contribution in [0.5, 0.6) is 5.75 Å². The van der Waals surface area contributed by atoms with Crippen LogP contribution in [0, 0.1) is 12.7 Å². The normalized spacial score (nSPS) is 10.9. The molecule has 0 saturated heterocycles. The molecule has 4 aromatic rings. The smallest absolute Gasteiger partial charge is 0.226 e. The third kappa shape index (κ3) is 4.04. The van der Waals surface area contributed by atoms with Crippen molar-refractivity contribution >= 4 is 11.8 Å². The average Bonchev–Trinajstić information content (AvgIpc) is 3.32. The van der Waals surface area contributed by atoms with Crippen LogP contribution >= 0.6 is 11.8 Å². The number of halogens is 1. The number of rotatable bonds is 7. The Labute approximate surface area is 164 Å². The van der Waals surface area contributed by atoms with E-state index in [0.717, 1.165) is 5.69 Å². The fourth-order valence-electron chi connectivity index (χ4n) is 2.55. The van der Waals surface area contributed by atoms with Gasteiger partial charge in [-0.05, 0) is 24.3 Å². The minimum absolute atomic E-state index is 0.0725. The average molecular weight is 397 g/mol. The molecule has 0 aliphatic heterocycles. The van der Waals surface area contributed by atoms with Crippen molar-refractivity contribution in [3.8, 4) is 11.4 Å². The monoisotopic (exact) mass is 397 g/mol. The van der Waals surface area contributed by atoms with Gasteiger partial charge in [0.05, 0.1) is 5.75 Å². The molecular formula is C19H16FN5O2S. The van der Waals surface area contributed by atoms with Crippen molar-refractivity contribution in [3.63, 3.8) is 0 Å². The van der Waals surface area contributed by atoms with Crippen LogP contribution in [-0.4, -0.2) is 25.0 Å². The largest absolute Gasteiger partial charge is 0.483 e. The number of benzene rings is 2. The SMILES string of the molecule is Cc1nnc(CSc2nnc(COc3ccccc3F)n2-c2ccccc2)o1. The van der Waals surface area contributed by atoms with Gasteiger partial charge in [-0.1, -0.05) is 42.1 Å². The molecule has 9 heteroatoms. The summed E-state index contributed by atoms with van der Waals surface area (Å²) in [5.74, 6) is 1.78. The summed E-state index contributed by atoms with van der Waals surface area (Å²) >= 11 is 1.42. The van der Waals surface area contributed by atoms with Gasteiger partial charge in [0.2, 0.25) is 11.8 Å². The summed E-state index contributed by atoms with van der Waals surface area (Å²) in [4.78, 5) is 0. The highest BCUT2D eigenvalue weighted by Gasteiger charge is 2.17. The molecule has 2 aromatic heterocycles. The van der Waals surface area contributed by atoms with Crippen LogP contribution in [0.2, 0.25) is 0 Å². The molecule has 0 amide bonds. The van der Waals surface area contributed by atoms with E-state index in [9.17, 15) is 4.39 Å². The van der Waals surface area contributed by atoms with Crippen LogP contribution in [0.3, 0.4) is 0 Å². The highest BCUT2D eigenvalue weighted by molar-refractivity contribution is 7.98. The molecule has 0 radical (unpaired) electrons. The molecule has 0 saturated carbocycles. The minimum atomic E-state index is -0.422. The summed E-state index contributed by atoms with van der Waals surface area (Å²) in [6, 6.07) is 15.9. The Balaban J connectivity index is 1.59. The fourth-order valence-corrected chi connectivity index (χ4v) is 3.36. The third-order valence-corrected chi connectivity index (χ3v) is 4.71. The number of hydrogen-bond donors (Lipinski definition) is 0. The third-order valence-electron chi connectivity index (χ3n) is 3.80. The molecule has 0 N–H and O–H groups in total. The van der Waals surface area contributed by atoms with Crippen LogP contribution in [0.4, 0.5) is 4.39 Å². The summed E-state index contributed by atoms with van der Waals surface area (Å²) < 4.78 is 26.7. The molecule has 2 heterocycles. The van der Waals surface area contributed by atoms with Crippen LogP contribution in [0.25, 0.3) is 5.69 Å². The zero-order valence-electron chi connectivity index (χ0n) is 14.9. The summed E-state index contributed by atoms with van der Waals surface area (Å²) in [5, 5.41) is 17.0. The molecule has 0 aliphatic carbocycles. The van der Waals surface area contributed by atoms with E-state index >= 15 is 0 Å². The van der Waals surface area contributed by atoms with Gasteiger partial charge in [-0.3, -0.25) is 4.57 Å². The van der Waals surface area contributed by atoms with E-state index in [0.29, 0.717) is 28.5 Å². The van der Waals surface area contributed by atoms with Crippen LogP contribution in [0.15, 0.2) is 64.2 Å². The quantitative estimate of drug-likeness (QED) is 0.437. The van der Waals surface area contributed by atoms with Gasteiger partial charge in [0, 0.05) is 12.6 Å². The van der Waals surface area contributed by atoms with Crippen molar-refractivity contribution in [2.75, 3.05) is 0 Å². The van der Waals surface area contributed by atoms with E-state index in [1.807, 2.05) is 34.9 Å². The van der Waals surface area contributed by atoms with Gasteiger partial charge in [-0.25, -0.2) is 4.39 Å². The van der Waals surface area contributed by atoms with Crippen LogP contribution < -0.4 is 4.74 Å². The topological polar surface area (TPSA) is 78.9 Å².